The van der Waals surface area contributed by atoms with E-state index in [4.69, 9.17) is 4.98 Å². The average molecular weight is 380 g/mol. The van der Waals surface area contributed by atoms with Crippen molar-refractivity contribution in [3.63, 3.8) is 0 Å². The third kappa shape index (κ3) is 2.71. The number of aromatic nitrogens is 4. The van der Waals surface area contributed by atoms with Crippen molar-refractivity contribution in [2.75, 3.05) is 32.1 Å². The van der Waals surface area contributed by atoms with Crippen molar-refractivity contribution in [3.8, 4) is 0 Å². The van der Waals surface area contributed by atoms with E-state index in [2.05, 4.69) is 15.2 Å². The molecule has 1 aliphatic heterocycles. The number of anilines is 1. The fourth-order valence-corrected chi connectivity index (χ4v) is 5.26. The lowest BCUT2D eigenvalue weighted by Crippen LogP contribution is -2.48. The van der Waals surface area contributed by atoms with Gasteiger partial charge in [0.15, 0.2) is 5.69 Å². The zero-order valence-electron chi connectivity index (χ0n) is 16.8. The Morgan fingerprint density at radius 3 is 2.89 bits per heavy atom. The molecule has 3 heterocycles. The molecule has 1 fully saturated rings. The average Bonchev–Trinajstić information content (AvgIpc) is 3.29. The van der Waals surface area contributed by atoms with Gasteiger partial charge in [-0.2, -0.15) is 5.10 Å². The van der Waals surface area contributed by atoms with Gasteiger partial charge in [0.2, 0.25) is 5.95 Å². The Morgan fingerprint density at radius 2 is 2.04 bits per heavy atom. The fourth-order valence-electron chi connectivity index (χ4n) is 5.26. The first-order valence-electron chi connectivity index (χ1n) is 10.5. The number of H-pyrrole nitrogens is 1. The van der Waals surface area contributed by atoms with E-state index in [0.717, 1.165) is 80.9 Å². The Hall–Kier alpha value is -2.44. The van der Waals surface area contributed by atoms with E-state index in [-0.39, 0.29) is 11.3 Å². The molecular weight excluding hydrogens is 352 g/mol. The standard InChI is InChI=1S/C21H28N6O/c1-26(2)20-22-12-14-8-10-21(18(14)23-20)9-5-11-27(13-21)19(28)17-15-6-3-4-7-16(15)24-25-17/h12H,3-11,13H2,1-2H3,(H,24,25). The van der Waals surface area contributed by atoms with E-state index >= 15 is 0 Å². The number of piperidine rings is 1. The SMILES string of the molecule is CN(C)c1ncc2c(n1)C1(CCCN(C(=O)c3n[nH]c4c3CCCC4)C1)CC2. The van der Waals surface area contributed by atoms with Crippen LogP contribution in [0.25, 0.3) is 0 Å². The summed E-state index contributed by atoms with van der Waals surface area (Å²) in [5.74, 6) is 0.846. The summed E-state index contributed by atoms with van der Waals surface area (Å²) in [6.45, 7) is 1.55. The van der Waals surface area contributed by atoms with Crippen molar-refractivity contribution >= 4 is 11.9 Å². The van der Waals surface area contributed by atoms with Gasteiger partial charge in [-0.1, -0.05) is 0 Å². The molecule has 1 unspecified atom stereocenters. The Balaban J connectivity index is 1.44. The molecule has 1 N–H and O–H groups in total. The van der Waals surface area contributed by atoms with E-state index in [1.54, 1.807) is 0 Å². The number of aryl methyl sites for hydroxylation is 2. The van der Waals surface area contributed by atoms with Crippen LogP contribution in [-0.4, -0.2) is 58.2 Å². The molecule has 0 saturated carbocycles. The number of likely N-dealkylation sites (tertiary alicyclic amines) is 1. The lowest BCUT2D eigenvalue weighted by molar-refractivity contribution is 0.0626. The van der Waals surface area contributed by atoms with Crippen LogP contribution in [0.1, 0.15) is 65.1 Å². The molecule has 0 bridgehead atoms. The van der Waals surface area contributed by atoms with Gasteiger partial charge >= 0.3 is 0 Å². The number of rotatable bonds is 2. The highest BCUT2D eigenvalue weighted by Gasteiger charge is 2.45. The molecule has 28 heavy (non-hydrogen) atoms. The van der Waals surface area contributed by atoms with Crippen LogP contribution in [0.3, 0.4) is 0 Å². The Bertz CT molecular complexity index is 916. The third-order valence-electron chi connectivity index (χ3n) is 6.75. The highest BCUT2D eigenvalue weighted by atomic mass is 16.2. The zero-order chi connectivity index (χ0) is 19.3. The second-order valence-electron chi connectivity index (χ2n) is 8.79. The van der Waals surface area contributed by atoms with E-state index in [0.29, 0.717) is 5.69 Å². The molecular formula is C21H28N6O. The largest absolute Gasteiger partial charge is 0.347 e. The second kappa shape index (κ2) is 6.57. The first-order valence-corrected chi connectivity index (χ1v) is 10.5. The predicted molar refractivity (Wildman–Crippen MR) is 107 cm³/mol. The molecule has 2 aromatic rings. The molecule has 7 nitrogen and oxygen atoms in total. The number of carbonyl (C=O) groups excluding carboxylic acids is 1. The number of carbonyl (C=O) groups is 1. The van der Waals surface area contributed by atoms with Crippen molar-refractivity contribution in [1.29, 1.82) is 0 Å². The molecule has 148 valence electrons. The van der Waals surface area contributed by atoms with Gasteiger partial charge in [-0.05, 0) is 56.9 Å². The highest BCUT2D eigenvalue weighted by Crippen LogP contribution is 2.44. The van der Waals surface area contributed by atoms with Crippen LogP contribution >= 0.6 is 0 Å². The van der Waals surface area contributed by atoms with Crippen LogP contribution in [0.4, 0.5) is 5.95 Å². The van der Waals surface area contributed by atoms with Crippen molar-refractivity contribution in [2.45, 2.75) is 56.8 Å². The van der Waals surface area contributed by atoms with E-state index in [9.17, 15) is 4.79 Å². The first kappa shape index (κ1) is 17.6. The van der Waals surface area contributed by atoms with Gasteiger partial charge in [-0.3, -0.25) is 9.89 Å². The van der Waals surface area contributed by atoms with Crippen molar-refractivity contribution < 1.29 is 4.79 Å². The lowest BCUT2D eigenvalue weighted by atomic mass is 9.77. The summed E-state index contributed by atoms with van der Waals surface area (Å²) in [5.41, 5.74) is 5.34. The Morgan fingerprint density at radius 1 is 1.18 bits per heavy atom. The fraction of sp³-hybridized carbons (Fsp3) is 0.619. The number of aromatic amines is 1. The highest BCUT2D eigenvalue weighted by molar-refractivity contribution is 5.94. The number of hydrogen-bond acceptors (Lipinski definition) is 5. The molecule has 2 aromatic heterocycles. The van der Waals surface area contributed by atoms with Crippen LogP contribution in [0.5, 0.6) is 0 Å². The quantitative estimate of drug-likeness (QED) is 0.865. The summed E-state index contributed by atoms with van der Waals surface area (Å²) in [5, 5.41) is 7.54. The minimum absolute atomic E-state index is 0.0344. The normalized spacial score (nSPS) is 23.6. The van der Waals surface area contributed by atoms with Gasteiger partial charge < -0.3 is 9.80 Å². The third-order valence-corrected chi connectivity index (χ3v) is 6.75. The van der Waals surface area contributed by atoms with Gasteiger partial charge in [-0.15, -0.1) is 0 Å². The van der Waals surface area contributed by atoms with Gasteiger partial charge in [0, 0.05) is 50.1 Å². The minimum atomic E-state index is -0.0344. The monoisotopic (exact) mass is 380 g/mol. The molecule has 1 atom stereocenters. The van der Waals surface area contributed by atoms with Crippen LogP contribution in [0.2, 0.25) is 0 Å². The van der Waals surface area contributed by atoms with Gasteiger partial charge in [0.1, 0.15) is 0 Å². The summed E-state index contributed by atoms with van der Waals surface area (Å²) in [6, 6.07) is 0. The van der Waals surface area contributed by atoms with Gasteiger partial charge in [0.05, 0.1) is 5.69 Å². The molecule has 1 saturated heterocycles. The van der Waals surface area contributed by atoms with Gasteiger partial charge in [0.25, 0.3) is 5.91 Å². The molecule has 3 aliphatic rings. The number of nitrogens with one attached hydrogen (secondary N) is 1. The minimum Gasteiger partial charge on any atom is -0.347 e. The van der Waals surface area contributed by atoms with Crippen molar-refractivity contribution in [1.82, 2.24) is 25.1 Å². The Labute approximate surface area is 165 Å². The molecule has 7 heteroatoms. The molecule has 1 amide bonds. The van der Waals surface area contributed by atoms with Crippen molar-refractivity contribution in [3.05, 3.63) is 34.4 Å². The summed E-state index contributed by atoms with van der Waals surface area (Å²) in [4.78, 5) is 26.7. The van der Waals surface area contributed by atoms with Gasteiger partial charge in [-0.25, -0.2) is 9.97 Å². The number of fused-ring (bicyclic) bond motifs is 3. The summed E-state index contributed by atoms with van der Waals surface area (Å²) in [6.07, 6.45) is 10.4. The van der Waals surface area contributed by atoms with Crippen LogP contribution < -0.4 is 4.90 Å². The molecule has 0 radical (unpaired) electrons. The Kier molecular flexibility index (Phi) is 4.14. The van der Waals surface area contributed by atoms with Crippen LogP contribution in [-0.2, 0) is 24.7 Å². The van der Waals surface area contributed by atoms with Crippen LogP contribution in [0, 0.1) is 0 Å². The summed E-state index contributed by atoms with van der Waals surface area (Å²) < 4.78 is 0. The molecule has 5 rings (SSSR count). The maximum atomic E-state index is 13.4. The smallest absolute Gasteiger partial charge is 0.274 e. The number of amides is 1. The van der Waals surface area contributed by atoms with E-state index < -0.39 is 0 Å². The maximum absolute atomic E-state index is 13.4. The lowest BCUT2D eigenvalue weighted by Gasteiger charge is -2.40. The van der Waals surface area contributed by atoms with Crippen molar-refractivity contribution in [2.24, 2.45) is 0 Å². The maximum Gasteiger partial charge on any atom is 0.274 e. The summed E-state index contributed by atoms with van der Waals surface area (Å²) >= 11 is 0. The molecule has 2 aliphatic carbocycles. The second-order valence-corrected chi connectivity index (χ2v) is 8.79. The van der Waals surface area contributed by atoms with E-state index in [1.807, 2.05) is 30.1 Å². The predicted octanol–water partition coefficient (Wildman–Crippen LogP) is 2.26. The number of hydrogen-bond donors (Lipinski definition) is 1. The van der Waals surface area contributed by atoms with E-state index in [1.165, 1.54) is 12.0 Å². The van der Waals surface area contributed by atoms with Crippen LogP contribution in [0.15, 0.2) is 6.20 Å². The summed E-state index contributed by atoms with van der Waals surface area (Å²) in [7, 11) is 3.95. The first-order chi connectivity index (χ1) is 13.6. The molecule has 0 aromatic carbocycles. The zero-order valence-corrected chi connectivity index (χ0v) is 16.8. The number of nitrogens with zero attached hydrogens (tertiary/aromatic N) is 5. The molecule has 1 spiro atoms. The topological polar surface area (TPSA) is 78.0 Å².